The highest BCUT2D eigenvalue weighted by Gasteiger charge is 2.09. The Kier molecular flexibility index (Phi) is 4.87. The van der Waals surface area contributed by atoms with Crippen molar-refractivity contribution >= 4 is 11.9 Å². The fourth-order valence-electron chi connectivity index (χ4n) is 1.85. The number of aromatic nitrogens is 2. The summed E-state index contributed by atoms with van der Waals surface area (Å²) in [7, 11) is 0. The first kappa shape index (κ1) is 14.2. The predicted molar refractivity (Wildman–Crippen MR) is 76.5 cm³/mol. The molecule has 1 aromatic heterocycles. The van der Waals surface area contributed by atoms with E-state index in [0.29, 0.717) is 18.7 Å². The smallest absolute Gasteiger partial charge is 0.322 e. The molecule has 0 unspecified atom stereocenters. The van der Waals surface area contributed by atoms with Crippen molar-refractivity contribution in [2.45, 2.75) is 39.5 Å². The van der Waals surface area contributed by atoms with Crippen molar-refractivity contribution in [3.05, 3.63) is 41.3 Å². The molecule has 5 heteroatoms. The fraction of sp³-hybridized carbons (Fsp3) is 0.400. The van der Waals surface area contributed by atoms with E-state index >= 15 is 0 Å². The Morgan fingerprint density at radius 3 is 2.50 bits per heavy atom. The lowest BCUT2D eigenvalue weighted by atomic mass is 10.1. The van der Waals surface area contributed by atoms with Gasteiger partial charge in [-0.05, 0) is 24.0 Å². The van der Waals surface area contributed by atoms with Crippen LogP contribution in [0.25, 0.3) is 0 Å². The number of hydrogen-bond acceptors (Lipinski definition) is 4. The molecule has 0 spiro atoms. The normalized spacial score (nSPS) is 10.5. The Labute approximate surface area is 118 Å². The highest BCUT2D eigenvalue weighted by atomic mass is 16.4. The molecule has 5 nitrogen and oxygen atoms in total. The molecule has 2 rings (SSSR count). The molecule has 1 heterocycles. The molecule has 0 aliphatic heterocycles. The van der Waals surface area contributed by atoms with E-state index in [1.54, 1.807) is 0 Å². The molecule has 20 heavy (non-hydrogen) atoms. The number of benzene rings is 1. The summed E-state index contributed by atoms with van der Waals surface area (Å²) in [5.41, 5.74) is 2.41. The minimum absolute atomic E-state index is 0.102. The van der Waals surface area contributed by atoms with Crippen LogP contribution < -0.4 is 5.32 Å². The van der Waals surface area contributed by atoms with Crippen LogP contribution in [0, 0.1) is 0 Å². The molecule has 0 bridgehead atoms. The summed E-state index contributed by atoms with van der Waals surface area (Å²) in [5, 5.41) is 10.3. The number of nitrogens with one attached hydrogen (secondary N) is 1. The van der Waals surface area contributed by atoms with Gasteiger partial charge in [-0.15, -0.1) is 5.10 Å². The van der Waals surface area contributed by atoms with Crippen LogP contribution in [0.3, 0.4) is 0 Å². The van der Waals surface area contributed by atoms with Gasteiger partial charge in [0.15, 0.2) is 0 Å². The summed E-state index contributed by atoms with van der Waals surface area (Å²) in [4.78, 5) is 11.4. The van der Waals surface area contributed by atoms with Gasteiger partial charge in [0, 0.05) is 6.42 Å². The van der Waals surface area contributed by atoms with Crippen LogP contribution in [-0.4, -0.2) is 16.1 Å². The third-order valence-electron chi connectivity index (χ3n) is 2.98. The Hall–Kier alpha value is -2.17. The Morgan fingerprint density at radius 1 is 1.15 bits per heavy atom. The number of nitrogens with zero attached hydrogens (tertiary/aromatic N) is 2. The largest absolute Gasteiger partial charge is 0.407 e. The standard InChI is InChI=1S/C15H19N3O2/c1-3-5-13(19)16-15-18-17-14(20-15)10-12-8-6-11(4-2)7-9-12/h6-9H,3-5,10H2,1-2H3,(H,16,18,19). The van der Waals surface area contributed by atoms with Crippen LogP contribution in [0.1, 0.15) is 43.7 Å². The summed E-state index contributed by atoms with van der Waals surface area (Å²) < 4.78 is 5.41. The molecule has 0 aliphatic rings. The van der Waals surface area contributed by atoms with E-state index in [1.165, 1.54) is 5.56 Å². The first-order chi connectivity index (χ1) is 9.71. The van der Waals surface area contributed by atoms with Crippen molar-refractivity contribution in [1.29, 1.82) is 0 Å². The zero-order valence-electron chi connectivity index (χ0n) is 11.8. The minimum atomic E-state index is -0.102. The fourth-order valence-corrected chi connectivity index (χ4v) is 1.85. The van der Waals surface area contributed by atoms with Crippen LogP contribution in [0.2, 0.25) is 0 Å². The lowest BCUT2D eigenvalue weighted by Crippen LogP contribution is -2.10. The molecule has 2 aromatic rings. The topological polar surface area (TPSA) is 68.0 Å². The minimum Gasteiger partial charge on any atom is -0.407 e. The summed E-state index contributed by atoms with van der Waals surface area (Å²) in [6.07, 6.45) is 2.84. The van der Waals surface area contributed by atoms with Gasteiger partial charge in [0.25, 0.3) is 0 Å². The second-order valence-corrected chi connectivity index (χ2v) is 4.65. The number of hydrogen-bond donors (Lipinski definition) is 1. The highest BCUT2D eigenvalue weighted by Crippen LogP contribution is 2.13. The van der Waals surface area contributed by atoms with E-state index in [2.05, 4.69) is 46.7 Å². The van der Waals surface area contributed by atoms with Crippen LogP contribution in [0.5, 0.6) is 0 Å². The average molecular weight is 273 g/mol. The second-order valence-electron chi connectivity index (χ2n) is 4.65. The van der Waals surface area contributed by atoms with Crippen molar-refractivity contribution < 1.29 is 9.21 Å². The summed E-state index contributed by atoms with van der Waals surface area (Å²) in [6, 6.07) is 8.46. The molecule has 106 valence electrons. The van der Waals surface area contributed by atoms with Crippen LogP contribution >= 0.6 is 0 Å². The van der Waals surface area contributed by atoms with Gasteiger partial charge in [0.1, 0.15) is 0 Å². The second kappa shape index (κ2) is 6.84. The molecular weight excluding hydrogens is 254 g/mol. The van der Waals surface area contributed by atoms with Gasteiger partial charge < -0.3 is 4.42 Å². The van der Waals surface area contributed by atoms with Gasteiger partial charge in [0.05, 0.1) is 6.42 Å². The number of amides is 1. The zero-order chi connectivity index (χ0) is 14.4. The quantitative estimate of drug-likeness (QED) is 0.878. The Bertz CT molecular complexity index is 561. The summed E-state index contributed by atoms with van der Waals surface area (Å²) in [5.74, 6) is 0.399. The van der Waals surface area contributed by atoms with Crippen molar-refractivity contribution in [3.63, 3.8) is 0 Å². The van der Waals surface area contributed by atoms with Crippen LogP contribution in [-0.2, 0) is 17.6 Å². The predicted octanol–water partition coefficient (Wildman–Crippen LogP) is 2.96. The molecule has 1 aromatic carbocycles. The van der Waals surface area contributed by atoms with E-state index in [4.69, 9.17) is 4.42 Å². The monoisotopic (exact) mass is 273 g/mol. The Morgan fingerprint density at radius 2 is 1.85 bits per heavy atom. The lowest BCUT2D eigenvalue weighted by molar-refractivity contribution is -0.116. The molecule has 1 N–H and O–H groups in total. The number of carbonyl (C=O) groups excluding carboxylic acids is 1. The first-order valence-electron chi connectivity index (χ1n) is 6.91. The lowest BCUT2D eigenvalue weighted by Gasteiger charge is -2.00. The van der Waals surface area contributed by atoms with Gasteiger partial charge in [-0.3, -0.25) is 10.1 Å². The van der Waals surface area contributed by atoms with Crippen molar-refractivity contribution in [2.24, 2.45) is 0 Å². The van der Waals surface area contributed by atoms with E-state index in [0.717, 1.165) is 18.4 Å². The highest BCUT2D eigenvalue weighted by molar-refractivity contribution is 5.88. The van der Waals surface area contributed by atoms with Crippen LogP contribution in [0.4, 0.5) is 6.01 Å². The van der Waals surface area contributed by atoms with Crippen LogP contribution in [0.15, 0.2) is 28.7 Å². The van der Waals surface area contributed by atoms with Crippen molar-refractivity contribution in [1.82, 2.24) is 10.2 Å². The van der Waals surface area contributed by atoms with Gasteiger partial charge in [-0.25, -0.2) is 0 Å². The Balaban J connectivity index is 1.96. The van der Waals surface area contributed by atoms with Gasteiger partial charge >= 0.3 is 6.01 Å². The summed E-state index contributed by atoms with van der Waals surface area (Å²) >= 11 is 0. The molecule has 0 atom stereocenters. The molecule has 0 saturated carbocycles. The molecule has 0 radical (unpaired) electrons. The number of carbonyl (C=O) groups is 1. The van der Waals surface area contributed by atoms with Crippen molar-refractivity contribution in [3.8, 4) is 0 Å². The maximum atomic E-state index is 11.4. The molecule has 0 fully saturated rings. The van der Waals surface area contributed by atoms with E-state index < -0.39 is 0 Å². The van der Waals surface area contributed by atoms with Crippen molar-refractivity contribution in [2.75, 3.05) is 5.32 Å². The number of aryl methyl sites for hydroxylation is 1. The number of anilines is 1. The van der Waals surface area contributed by atoms with Gasteiger partial charge in [0.2, 0.25) is 11.8 Å². The first-order valence-corrected chi connectivity index (χ1v) is 6.91. The van der Waals surface area contributed by atoms with E-state index in [9.17, 15) is 4.79 Å². The number of rotatable bonds is 6. The summed E-state index contributed by atoms with van der Waals surface area (Å²) in [6.45, 7) is 4.07. The average Bonchev–Trinajstić information content (AvgIpc) is 2.87. The third kappa shape index (κ3) is 3.91. The van der Waals surface area contributed by atoms with E-state index in [1.807, 2.05) is 6.92 Å². The molecule has 0 aliphatic carbocycles. The molecular formula is C15H19N3O2. The van der Waals surface area contributed by atoms with Gasteiger partial charge in [-0.2, -0.15) is 0 Å². The third-order valence-corrected chi connectivity index (χ3v) is 2.98. The maximum absolute atomic E-state index is 11.4. The molecule has 0 saturated heterocycles. The maximum Gasteiger partial charge on any atom is 0.322 e. The molecule has 1 amide bonds. The van der Waals surface area contributed by atoms with E-state index in [-0.39, 0.29) is 11.9 Å². The SMILES string of the molecule is CCCC(=O)Nc1nnc(Cc2ccc(CC)cc2)o1. The zero-order valence-corrected chi connectivity index (χ0v) is 11.8. The van der Waals surface area contributed by atoms with Gasteiger partial charge in [-0.1, -0.05) is 43.2 Å².